The molecule has 290 valence electrons. The van der Waals surface area contributed by atoms with Crippen molar-refractivity contribution in [2.75, 3.05) is 6.61 Å². The lowest BCUT2D eigenvalue weighted by Gasteiger charge is -2.38. The zero-order valence-electron chi connectivity index (χ0n) is 30.9. The summed E-state index contributed by atoms with van der Waals surface area (Å²) in [7, 11) is -1.64. The Bertz CT molecular complexity index is 2000. The Morgan fingerprint density at radius 1 is 0.868 bits per heavy atom. The predicted molar refractivity (Wildman–Crippen MR) is 188 cm³/mol. The summed E-state index contributed by atoms with van der Waals surface area (Å²) in [4.78, 5) is 76.8. The highest BCUT2D eigenvalue weighted by Gasteiger charge is 2.68. The van der Waals surface area contributed by atoms with Crippen molar-refractivity contribution in [1.82, 2.24) is 34.4 Å². The fraction of sp³-hybridized carbons (Fsp3) is 0.667. The minimum Gasteiger partial charge on any atom is -0.387 e. The van der Waals surface area contributed by atoms with Gasteiger partial charge in [-0.05, 0) is 54.4 Å². The number of rotatable bonds is 12. The fourth-order valence-corrected chi connectivity index (χ4v) is 9.07. The van der Waals surface area contributed by atoms with E-state index in [1.165, 1.54) is 21.5 Å². The van der Waals surface area contributed by atoms with Gasteiger partial charge in [-0.15, -0.1) is 0 Å². The molecule has 0 radical (unpaired) electrons. The highest BCUT2D eigenvalue weighted by molar-refractivity contribution is 7.44. The summed E-state index contributed by atoms with van der Waals surface area (Å²) in [5, 5.41) is 24.7. The molecule has 2 amide bonds. The van der Waals surface area contributed by atoms with Crippen LogP contribution in [0.5, 0.6) is 0 Å². The van der Waals surface area contributed by atoms with Gasteiger partial charge in [0.25, 0.3) is 31.5 Å². The van der Waals surface area contributed by atoms with E-state index in [1.807, 2.05) is 34.6 Å². The van der Waals surface area contributed by atoms with E-state index in [2.05, 4.69) is 31.3 Å². The largest absolute Gasteiger partial charge is 0.387 e. The first-order valence-electron chi connectivity index (χ1n) is 17.5. The summed E-state index contributed by atoms with van der Waals surface area (Å²) < 4.78 is 28.9. The van der Waals surface area contributed by atoms with Crippen LogP contribution in [-0.4, -0.2) is 94.9 Å². The Morgan fingerprint density at radius 3 is 1.81 bits per heavy atom. The molecule has 19 nitrogen and oxygen atoms in total. The van der Waals surface area contributed by atoms with E-state index in [0.717, 1.165) is 0 Å². The highest BCUT2D eigenvalue weighted by Crippen LogP contribution is 2.54. The number of amides is 2. The third kappa shape index (κ3) is 6.93. The number of ether oxygens (including phenoxy) is 2. The van der Waals surface area contributed by atoms with Crippen LogP contribution in [0, 0.1) is 25.2 Å². The number of nitrogens with zero attached hydrogens (tertiary/aromatic N) is 4. The summed E-state index contributed by atoms with van der Waals surface area (Å²) in [6.45, 7) is 15.0. The van der Waals surface area contributed by atoms with Gasteiger partial charge in [0.15, 0.2) is 23.7 Å². The van der Waals surface area contributed by atoms with Crippen molar-refractivity contribution in [2.24, 2.45) is 0 Å². The zero-order chi connectivity index (χ0) is 39.2. The van der Waals surface area contributed by atoms with Crippen molar-refractivity contribution in [2.45, 2.75) is 135 Å². The predicted octanol–water partition coefficient (Wildman–Crippen LogP) is 0.0641. The number of aliphatic hydroxyl groups is 1. The molecule has 0 aliphatic carbocycles. The van der Waals surface area contributed by atoms with Crippen molar-refractivity contribution < 1.29 is 33.2 Å². The Hall–Kier alpha value is -4.02. The summed E-state index contributed by atoms with van der Waals surface area (Å²) in [5.41, 5.74) is -4.13. The van der Waals surface area contributed by atoms with Gasteiger partial charge >= 0.3 is 11.4 Å². The lowest BCUT2D eigenvalue weighted by molar-refractivity contribution is -0.163. The van der Waals surface area contributed by atoms with E-state index >= 15 is 0 Å². The van der Waals surface area contributed by atoms with Gasteiger partial charge in [0.05, 0.1) is 19.1 Å². The monoisotopic (exact) mass is 762 g/mol. The molecule has 0 saturated carbocycles. The molecule has 0 spiro atoms. The van der Waals surface area contributed by atoms with Crippen molar-refractivity contribution in [3.8, 4) is 6.07 Å². The van der Waals surface area contributed by atoms with E-state index in [0.29, 0.717) is 24.0 Å². The number of aromatic nitrogens is 4. The number of hydrogen-bond acceptors (Lipinski definition) is 13. The Morgan fingerprint density at radius 2 is 1.34 bits per heavy atom. The lowest BCUT2D eigenvalue weighted by atomic mass is 9.96. The molecule has 5 N–H and O–H groups in total. The molecule has 2 aromatic rings. The first kappa shape index (κ1) is 40.2. The minimum atomic E-state index is -1.64. The van der Waals surface area contributed by atoms with Crippen molar-refractivity contribution >= 4 is 20.3 Å². The molecule has 0 aromatic carbocycles. The maximum absolute atomic E-state index is 12.9. The summed E-state index contributed by atoms with van der Waals surface area (Å²) in [6, 6.07) is 0.869. The smallest absolute Gasteiger partial charge is 0.330 e. The third-order valence-electron chi connectivity index (χ3n) is 10.0. The number of aliphatic hydroxyl groups excluding tert-OH is 1. The molecule has 53 heavy (non-hydrogen) atoms. The molecule has 6 heterocycles. The van der Waals surface area contributed by atoms with Crippen LogP contribution in [-0.2, 0) is 28.1 Å². The molecular weight excluding hydrogens is 715 g/mol. The van der Waals surface area contributed by atoms with Crippen molar-refractivity contribution in [3.05, 3.63) is 65.2 Å². The summed E-state index contributed by atoms with van der Waals surface area (Å²) >= 11 is 0. The van der Waals surface area contributed by atoms with Gasteiger partial charge in [0.1, 0.15) is 24.3 Å². The second-order valence-electron chi connectivity index (χ2n) is 14.0. The number of carbonyl (C=O) groups is 2. The number of nitrogens with one attached hydrogen (secondary N) is 4. The number of aromatic amines is 2. The van der Waals surface area contributed by atoms with Gasteiger partial charge in [-0.2, -0.15) is 5.26 Å². The van der Waals surface area contributed by atoms with Crippen LogP contribution in [0.1, 0.15) is 84.4 Å². The third-order valence-corrected chi connectivity index (χ3v) is 12.1. The second kappa shape index (κ2) is 15.4. The van der Waals surface area contributed by atoms with Crippen LogP contribution < -0.4 is 33.1 Å². The summed E-state index contributed by atoms with van der Waals surface area (Å²) in [6.07, 6.45) is 0.193. The molecular formula is C33H47N8O11P. The number of aryl methyl sites for hydroxylation is 2. The molecule has 4 aliphatic rings. The number of H-pyrrole nitrogens is 2. The fourth-order valence-electron chi connectivity index (χ4n) is 7.26. The maximum Gasteiger partial charge on any atom is 0.330 e. The first-order valence-corrected chi connectivity index (χ1v) is 18.7. The Balaban J connectivity index is 0.000000230. The minimum absolute atomic E-state index is 0.0830. The van der Waals surface area contributed by atoms with Gasteiger partial charge < -0.3 is 34.3 Å². The SMILES string of the molecule is CC[C@]12O[C@@H](n3cc(C)c(=O)[nH]c3=O)[C@@H](NC1=O)C2O.CC[C@]12O[C@@H](n3cc(C)c(=O)[nH]c3=O)[C@@H](NC1=O)C2OP(OCCC#N)N(C(C)C)C(C)C. The quantitative estimate of drug-likeness (QED) is 0.142. The first-order chi connectivity index (χ1) is 25.0. The van der Waals surface area contributed by atoms with Gasteiger partial charge in [0, 0.05) is 35.6 Å². The van der Waals surface area contributed by atoms with Crippen molar-refractivity contribution in [1.29, 1.82) is 5.26 Å². The van der Waals surface area contributed by atoms with Crippen molar-refractivity contribution in [3.63, 3.8) is 0 Å². The number of carbonyl (C=O) groups excluding carboxylic acids is 2. The molecule has 4 fully saturated rings. The van der Waals surface area contributed by atoms with Gasteiger partial charge in [-0.3, -0.25) is 38.3 Å². The molecule has 9 atom stereocenters. The molecule has 4 saturated heterocycles. The standard InChI is InChI=1S/C21H32N5O6P.C12H15N3O5/c1-7-21-16(32-33(30-10-8-9-22)26(12(2)3)13(4)5)15(23-19(21)28)18(31-21)25-11-14(6)17(27)24-20(25)29;1-3-12-7(16)6(13-10(12)18)9(20-12)15-4-5(2)8(17)14-11(15)19/h11-13,15-16,18H,7-8,10H2,1-6H3,(H,23,28)(H,24,27,29);4,6-7,9,16H,3H2,1-2H3,(H,13,18)(H,14,17,19)/t15-,16?,18+,21+,33?;6-,7?,9+,12+/m00/s1. The highest BCUT2D eigenvalue weighted by atomic mass is 31.2. The van der Waals surface area contributed by atoms with Crippen LogP contribution in [0.4, 0.5) is 0 Å². The average Bonchev–Trinajstić information content (AvgIpc) is 3.73. The van der Waals surface area contributed by atoms with Crippen LogP contribution in [0.25, 0.3) is 0 Å². The van der Waals surface area contributed by atoms with E-state index in [1.54, 1.807) is 20.8 Å². The van der Waals surface area contributed by atoms with E-state index in [9.17, 15) is 33.9 Å². The van der Waals surface area contributed by atoms with Crippen LogP contribution >= 0.6 is 8.53 Å². The second-order valence-corrected chi connectivity index (χ2v) is 15.4. The summed E-state index contributed by atoms with van der Waals surface area (Å²) in [5.74, 6) is -0.680. The maximum atomic E-state index is 12.9. The van der Waals surface area contributed by atoms with Gasteiger partial charge in [-0.25, -0.2) is 14.3 Å². The van der Waals surface area contributed by atoms with E-state index < -0.39 is 79.0 Å². The van der Waals surface area contributed by atoms with Crippen LogP contribution in [0.2, 0.25) is 0 Å². The van der Waals surface area contributed by atoms with Crippen LogP contribution in [0.15, 0.2) is 31.6 Å². The normalized spacial score (nSPS) is 30.4. The zero-order valence-corrected chi connectivity index (χ0v) is 31.8. The van der Waals surface area contributed by atoms with Gasteiger partial charge in [0.2, 0.25) is 0 Å². The molecule has 4 aliphatic heterocycles. The molecule has 20 heteroatoms. The van der Waals surface area contributed by atoms with E-state index in [-0.39, 0.29) is 36.9 Å². The lowest BCUT2D eigenvalue weighted by Crippen LogP contribution is -2.50. The molecule has 6 rings (SSSR count). The number of morpholine rings is 2. The van der Waals surface area contributed by atoms with E-state index in [4.69, 9.17) is 23.8 Å². The Kier molecular flexibility index (Phi) is 11.7. The molecule has 4 bridgehead atoms. The Labute approximate surface area is 305 Å². The average molecular weight is 763 g/mol. The number of fused-ring (bicyclic) bond motifs is 4. The molecule has 2 aromatic heterocycles. The number of nitriles is 1. The van der Waals surface area contributed by atoms with Gasteiger partial charge in [-0.1, -0.05) is 13.8 Å². The molecule has 3 unspecified atom stereocenters. The topological polar surface area (TPSA) is 252 Å². The van der Waals surface area contributed by atoms with Crippen LogP contribution in [0.3, 0.4) is 0 Å². The number of hydrogen-bond donors (Lipinski definition) is 5.